The Morgan fingerprint density at radius 3 is 2.38 bits per heavy atom. The second kappa shape index (κ2) is 7.73. The van der Waals surface area contributed by atoms with Crippen LogP contribution in [-0.2, 0) is 14.3 Å². The van der Waals surface area contributed by atoms with Crippen LogP contribution in [0.3, 0.4) is 0 Å². The van der Waals surface area contributed by atoms with Gasteiger partial charge in [0.25, 0.3) is 10.1 Å². The van der Waals surface area contributed by atoms with E-state index in [9.17, 15) is 13.5 Å². The number of aliphatic hydroxyl groups excluding tert-OH is 1. The van der Waals surface area contributed by atoms with Crippen molar-refractivity contribution >= 4 is 10.1 Å². The second-order valence-corrected chi connectivity index (χ2v) is 6.94. The molecule has 0 spiro atoms. The van der Waals surface area contributed by atoms with E-state index in [4.69, 9.17) is 4.18 Å². The summed E-state index contributed by atoms with van der Waals surface area (Å²) in [4.78, 5) is 0.130. The summed E-state index contributed by atoms with van der Waals surface area (Å²) in [7, 11) is -3.78. The summed E-state index contributed by atoms with van der Waals surface area (Å²) in [6, 6.07) is 6.48. The Morgan fingerprint density at radius 1 is 1.33 bits per heavy atom. The van der Waals surface area contributed by atoms with E-state index in [1.54, 1.807) is 25.1 Å². The molecule has 1 N–H and O–H groups in total. The molecule has 4 nitrogen and oxygen atoms in total. The van der Waals surface area contributed by atoms with Crippen LogP contribution in [0.15, 0.2) is 41.8 Å². The van der Waals surface area contributed by atoms with E-state index in [1.165, 1.54) is 12.1 Å². The standard InChI is InChI=1S/C16H24O4S/c1-5-14(6-2)16(17)13(4)11-20-21(18,19)15-9-7-12(3)8-10-15/h5,7-10,13-14,16-17H,1,6,11H2,2-4H3/t13-,14+,16+/m0/s1. The Balaban J connectivity index is 2.69. The molecule has 1 aromatic rings. The number of rotatable bonds is 8. The van der Waals surface area contributed by atoms with Crippen LogP contribution in [0.2, 0.25) is 0 Å². The van der Waals surface area contributed by atoms with Crippen LogP contribution in [0.1, 0.15) is 25.8 Å². The maximum atomic E-state index is 12.1. The van der Waals surface area contributed by atoms with Crippen molar-refractivity contribution in [3.05, 3.63) is 42.5 Å². The monoisotopic (exact) mass is 312 g/mol. The highest BCUT2D eigenvalue weighted by atomic mass is 32.2. The lowest BCUT2D eigenvalue weighted by atomic mass is 9.91. The Kier molecular flexibility index (Phi) is 6.58. The van der Waals surface area contributed by atoms with Crippen LogP contribution >= 0.6 is 0 Å². The average Bonchev–Trinajstić information content (AvgIpc) is 2.46. The molecule has 0 radical (unpaired) electrons. The quantitative estimate of drug-likeness (QED) is 0.592. The summed E-state index contributed by atoms with van der Waals surface area (Å²) in [6.45, 7) is 9.23. The molecule has 0 bridgehead atoms. The van der Waals surface area contributed by atoms with Gasteiger partial charge in [-0.05, 0) is 25.5 Å². The summed E-state index contributed by atoms with van der Waals surface area (Å²) in [5, 5.41) is 10.1. The van der Waals surface area contributed by atoms with Crippen molar-refractivity contribution in [3.8, 4) is 0 Å². The lowest BCUT2D eigenvalue weighted by Crippen LogP contribution is -2.29. The Morgan fingerprint density at radius 2 is 1.90 bits per heavy atom. The Labute approximate surface area is 127 Å². The van der Waals surface area contributed by atoms with E-state index in [0.29, 0.717) is 0 Å². The van der Waals surface area contributed by atoms with Gasteiger partial charge < -0.3 is 5.11 Å². The fraction of sp³-hybridized carbons (Fsp3) is 0.500. The molecule has 0 heterocycles. The first-order valence-corrected chi connectivity index (χ1v) is 8.49. The zero-order valence-corrected chi connectivity index (χ0v) is 13.6. The van der Waals surface area contributed by atoms with Gasteiger partial charge in [-0.3, -0.25) is 4.18 Å². The van der Waals surface area contributed by atoms with Crippen molar-refractivity contribution in [1.82, 2.24) is 0 Å². The SMILES string of the molecule is C=C[C@H](CC)[C@H](O)[C@@H](C)COS(=O)(=O)c1ccc(C)cc1. The average molecular weight is 312 g/mol. The molecular formula is C16H24O4S. The molecule has 21 heavy (non-hydrogen) atoms. The third-order valence-corrected chi connectivity index (χ3v) is 4.89. The molecule has 5 heteroatoms. The summed E-state index contributed by atoms with van der Waals surface area (Å²) in [6.07, 6.45) is 1.77. The van der Waals surface area contributed by atoms with Crippen molar-refractivity contribution in [2.45, 2.75) is 38.2 Å². The van der Waals surface area contributed by atoms with Gasteiger partial charge in [0.05, 0.1) is 17.6 Å². The van der Waals surface area contributed by atoms with Crippen molar-refractivity contribution in [2.24, 2.45) is 11.8 Å². The summed E-state index contributed by atoms with van der Waals surface area (Å²) < 4.78 is 29.2. The van der Waals surface area contributed by atoms with E-state index < -0.39 is 16.2 Å². The van der Waals surface area contributed by atoms with Gasteiger partial charge in [0.2, 0.25) is 0 Å². The van der Waals surface area contributed by atoms with Crippen LogP contribution < -0.4 is 0 Å². The summed E-state index contributed by atoms with van der Waals surface area (Å²) in [5.74, 6) is -0.362. The zero-order valence-electron chi connectivity index (χ0n) is 12.8. The molecule has 0 saturated carbocycles. The largest absolute Gasteiger partial charge is 0.392 e. The van der Waals surface area contributed by atoms with Crippen molar-refractivity contribution < 1.29 is 17.7 Å². The predicted molar refractivity (Wildman–Crippen MR) is 83.5 cm³/mol. The molecule has 0 fully saturated rings. The number of hydrogen-bond acceptors (Lipinski definition) is 4. The molecule has 0 aliphatic heterocycles. The normalized spacial score (nSPS) is 16.2. The maximum Gasteiger partial charge on any atom is 0.296 e. The number of hydrogen-bond donors (Lipinski definition) is 1. The van der Waals surface area contributed by atoms with Gasteiger partial charge in [-0.2, -0.15) is 8.42 Å². The molecule has 118 valence electrons. The fourth-order valence-electron chi connectivity index (χ4n) is 2.04. The highest BCUT2D eigenvalue weighted by Gasteiger charge is 2.24. The minimum atomic E-state index is -3.78. The molecular weight excluding hydrogens is 288 g/mol. The highest BCUT2D eigenvalue weighted by molar-refractivity contribution is 7.86. The van der Waals surface area contributed by atoms with Crippen LogP contribution in [0.5, 0.6) is 0 Å². The van der Waals surface area contributed by atoms with Crippen molar-refractivity contribution in [2.75, 3.05) is 6.61 Å². The van der Waals surface area contributed by atoms with Crippen LogP contribution in [0.25, 0.3) is 0 Å². The molecule has 0 aromatic heterocycles. The lowest BCUT2D eigenvalue weighted by molar-refractivity contribution is 0.0521. The molecule has 0 unspecified atom stereocenters. The Hall–Kier alpha value is -1.17. The molecule has 0 saturated heterocycles. The van der Waals surface area contributed by atoms with Crippen LogP contribution in [0, 0.1) is 18.8 Å². The maximum absolute atomic E-state index is 12.1. The van der Waals surface area contributed by atoms with E-state index in [-0.39, 0.29) is 23.3 Å². The van der Waals surface area contributed by atoms with Gasteiger partial charge in [0.1, 0.15) is 0 Å². The third-order valence-electron chi connectivity index (χ3n) is 3.59. The van der Waals surface area contributed by atoms with Gasteiger partial charge in [-0.1, -0.05) is 37.6 Å². The molecule has 1 rings (SSSR count). The lowest BCUT2D eigenvalue weighted by Gasteiger charge is -2.24. The smallest absolute Gasteiger partial charge is 0.296 e. The van der Waals surface area contributed by atoms with Gasteiger partial charge >= 0.3 is 0 Å². The van der Waals surface area contributed by atoms with Crippen molar-refractivity contribution in [3.63, 3.8) is 0 Å². The predicted octanol–water partition coefficient (Wildman–Crippen LogP) is 2.91. The van der Waals surface area contributed by atoms with Gasteiger partial charge in [-0.15, -0.1) is 6.58 Å². The first kappa shape index (κ1) is 17.9. The van der Waals surface area contributed by atoms with E-state index >= 15 is 0 Å². The first-order valence-electron chi connectivity index (χ1n) is 7.08. The fourth-order valence-corrected chi connectivity index (χ4v) is 3.04. The Bertz CT molecular complexity index is 548. The van der Waals surface area contributed by atoms with E-state index in [2.05, 4.69) is 6.58 Å². The van der Waals surface area contributed by atoms with E-state index in [1.807, 2.05) is 13.8 Å². The van der Waals surface area contributed by atoms with E-state index in [0.717, 1.165) is 12.0 Å². The minimum Gasteiger partial charge on any atom is -0.392 e. The molecule has 0 aliphatic carbocycles. The van der Waals surface area contributed by atoms with Gasteiger partial charge in [0, 0.05) is 11.8 Å². The first-order chi connectivity index (χ1) is 9.81. The van der Waals surface area contributed by atoms with Gasteiger partial charge in [-0.25, -0.2) is 0 Å². The highest BCUT2D eigenvalue weighted by Crippen LogP contribution is 2.20. The summed E-state index contributed by atoms with van der Waals surface area (Å²) >= 11 is 0. The number of benzene rings is 1. The zero-order chi connectivity index (χ0) is 16.0. The molecule has 1 aromatic carbocycles. The van der Waals surface area contributed by atoms with Crippen molar-refractivity contribution in [1.29, 1.82) is 0 Å². The second-order valence-electron chi connectivity index (χ2n) is 5.33. The molecule has 3 atom stereocenters. The van der Waals surface area contributed by atoms with Crippen LogP contribution in [0.4, 0.5) is 0 Å². The van der Waals surface area contributed by atoms with Crippen LogP contribution in [-0.4, -0.2) is 26.2 Å². The summed E-state index contributed by atoms with van der Waals surface area (Å²) in [5.41, 5.74) is 0.981. The van der Waals surface area contributed by atoms with Gasteiger partial charge in [0.15, 0.2) is 0 Å². The number of aryl methyl sites for hydroxylation is 1. The topological polar surface area (TPSA) is 63.6 Å². The molecule has 0 aliphatic rings. The molecule has 0 amide bonds. The third kappa shape index (κ3) is 4.95. The minimum absolute atomic E-state index is 0.0539. The number of aliphatic hydroxyl groups is 1.